The molecule has 3 aromatic carbocycles. The highest BCUT2D eigenvalue weighted by Gasteiger charge is 2.34. The van der Waals surface area contributed by atoms with Crippen LogP contribution in [0, 0.1) is 5.92 Å². The van der Waals surface area contributed by atoms with E-state index in [9.17, 15) is 18.0 Å². The molecule has 0 fully saturated rings. The number of halogens is 3. The smallest absolute Gasteiger partial charge is 0.264 e. The van der Waals surface area contributed by atoms with Crippen LogP contribution >= 0.6 is 34.8 Å². The van der Waals surface area contributed by atoms with Gasteiger partial charge in [-0.15, -0.1) is 0 Å². The largest absolute Gasteiger partial charge is 0.354 e. The standard InChI is InChI=1S/C29H32Cl3N3O4S/c1-4-27(29(37)33-17-20(2)3)34(18-21-13-14-23(31)16-26(21)32)28(36)19-35(24-10-8-9-22(30)15-24)40(38,39)25-11-6-5-7-12-25/h5-16,20,27H,4,17-19H2,1-3H3,(H,33,37)/t27-/m0/s1. The molecule has 2 amide bonds. The maximum absolute atomic E-state index is 14.1. The summed E-state index contributed by atoms with van der Waals surface area (Å²) < 4.78 is 28.6. The normalized spacial score (nSPS) is 12.2. The van der Waals surface area contributed by atoms with Gasteiger partial charge >= 0.3 is 0 Å². The van der Waals surface area contributed by atoms with Crippen LogP contribution < -0.4 is 9.62 Å². The Bertz CT molecular complexity index is 1440. The molecule has 0 saturated heterocycles. The number of sulfonamides is 1. The third-order valence-electron chi connectivity index (χ3n) is 6.13. The second-order valence-corrected chi connectivity index (χ2v) is 12.8. The van der Waals surface area contributed by atoms with Gasteiger partial charge in [0.05, 0.1) is 10.6 Å². The number of carbonyl (C=O) groups is 2. The van der Waals surface area contributed by atoms with Crippen LogP contribution in [0.1, 0.15) is 32.8 Å². The molecule has 0 aliphatic carbocycles. The van der Waals surface area contributed by atoms with Crippen LogP contribution in [0.3, 0.4) is 0 Å². The van der Waals surface area contributed by atoms with Gasteiger partial charge in [0.2, 0.25) is 11.8 Å². The first-order valence-corrected chi connectivity index (χ1v) is 15.4. The van der Waals surface area contributed by atoms with E-state index in [2.05, 4.69) is 5.32 Å². The highest BCUT2D eigenvalue weighted by Crippen LogP contribution is 2.28. The highest BCUT2D eigenvalue weighted by atomic mass is 35.5. The van der Waals surface area contributed by atoms with Crippen molar-refractivity contribution in [1.29, 1.82) is 0 Å². The quantitative estimate of drug-likeness (QED) is 0.252. The van der Waals surface area contributed by atoms with Gasteiger partial charge in [-0.25, -0.2) is 8.42 Å². The molecule has 11 heteroatoms. The fraction of sp³-hybridized carbons (Fsp3) is 0.310. The topological polar surface area (TPSA) is 86.8 Å². The third kappa shape index (κ3) is 8.13. The molecular formula is C29H32Cl3N3O4S. The molecule has 40 heavy (non-hydrogen) atoms. The molecule has 1 N–H and O–H groups in total. The zero-order valence-electron chi connectivity index (χ0n) is 22.5. The van der Waals surface area contributed by atoms with E-state index in [1.807, 2.05) is 13.8 Å². The number of carbonyl (C=O) groups excluding carboxylic acids is 2. The number of rotatable bonds is 12. The van der Waals surface area contributed by atoms with Gasteiger partial charge in [-0.2, -0.15) is 0 Å². The minimum Gasteiger partial charge on any atom is -0.354 e. The van der Waals surface area contributed by atoms with Crippen LogP contribution in [0.25, 0.3) is 0 Å². The van der Waals surface area contributed by atoms with Crippen LogP contribution in [0.5, 0.6) is 0 Å². The van der Waals surface area contributed by atoms with E-state index in [0.29, 0.717) is 33.6 Å². The first-order valence-electron chi connectivity index (χ1n) is 12.8. The van der Waals surface area contributed by atoms with Crippen LogP contribution in [0.4, 0.5) is 5.69 Å². The average Bonchev–Trinajstić information content (AvgIpc) is 2.91. The van der Waals surface area contributed by atoms with Gasteiger partial charge in [-0.1, -0.05) is 85.9 Å². The van der Waals surface area contributed by atoms with Crippen molar-refractivity contribution < 1.29 is 18.0 Å². The van der Waals surface area contributed by atoms with Crippen LogP contribution in [0.2, 0.25) is 15.1 Å². The molecule has 0 heterocycles. The molecule has 214 valence electrons. The summed E-state index contributed by atoms with van der Waals surface area (Å²) in [7, 11) is -4.18. The lowest BCUT2D eigenvalue weighted by Gasteiger charge is -2.33. The van der Waals surface area contributed by atoms with Crippen molar-refractivity contribution in [3.8, 4) is 0 Å². The SMILES string of the molecule is CC[C@@H](C(=O)NCC(C)C)N(Cc1ccc(Cl)cc1Cl)C(=O)CN(c1cccc(Cl)c1)S(=O)(=O)c1ccccc1. The molecule has 0 saturated carbocycles. The average molecular weight is 625 g/mol. The molecule has 0 aliphatic rings. The number of nitrogens with one attached hydrogen (secondary N) is 1. The molecule has 0 radical (unpaired) electrons. The van der Waals surface area contributed by atoms with E-state index in [1.165, 1.54) is 23.1 Å². The van der Waals surface area contributed by atoms with Crippen molar-refractivity contribution in [2.75, 3.05) is 17.4 Å². The second kappa shape index (κ2) is 14.2. The van der Waals surface area contributed by atoms with Crippen molar-refractivity contribution in [3.05, 3.63) is 93.4 Å². The maximum Gasteiger partial charge on any atom is 0.264 e. The van der Waals surface area contributed by atoms with E-state index in [1.54, 1.807) is 61.5 Å². The Morgan fingerprint density at radius 2 is 1.57 bits per heavy atom. The summed E-state index contributed by atoms with van der Waals surface area (Å²) in [6.45, 7) is 5.55. The fourth-order valence-corrected chi connectivity index (χ4v) is 6.13. The van der Waals surface area contributed by atoms with Crippen LogP contribution in [0.15, 0.2) is 77.7 Å². The van der Waals surface area contributed by atoms with Crippen molar-refractivity contribution >= 4 is 62.3 Å². The third-order valence-corrected chi connectivity index (χ3v) is 8.74. The number of anilines is 1. The van der Waals surface area contributed by atoms with Gasteiger partial charge in [0.15, 0.2) is 0 Å². The minimum absolute atomic E-state index is 0.0109. The van der Waals surface area contributed by atoms with Crippen LogP contribution in [-0.2, 0) is 26.2 Å². The Labute approximate surface area is 251 Å². The molecule has 0 spiro atoms. The molecule has 0 aromatic heterocycles. The highest BCUT2D eigenvalue weighted by molar-refractivity contribution is 7.92. The van der Waals surface area contributed by atoms with Gasteiger partial charge in [-0.3, -0.25) is 13.9 Å². The Balaban J connectivity index is 2.06. The number of nitrogens with zero attached hydrogens (tertiary/aromatic N) is 2. The van der Waals surface area contributed by atoms with Crippen molar-refractivity contribution in [2.24, 2.45) is 5.92 Å². The lowest BCUT2D eigenvalue weighted by atomic mass is 10.1. The summed E-state index contributed by atoms with van der Waals surface area (Å²) in [5, 5.41) is 3.95. The van der Waals surface area contributed by atoms with Crippen molar-refractivity contribution in [1.82, 2.24) is 10.2 Å². The number of hydrogen-bond acceptors (Lipinski definition) is 4. The summed E-state index contributed by atoms with van der Waals surface area (Å²) in [4.78, 5) is 28.7. The van der Waals surface area contributed by atoms with Crippen molar-refractivity contribution in [3.63, 3.8) is 0 Å². The molecule has 3 aromatic rings. The summed E-state index contributed by atoms with van der Waals surface area (Å²) >= 11 is 18.7. The predicted molar refractivity (Wildman–Crippen MR) is 161 cm³/mol. The zero-order chi connectivity index (χ0) is 29.4. The molecule has 0 unspecified atom stereocenters. The molecule has 3 rings (SSSR count). The Morgan fingerprint density at radius 3 is 2.17 bits per heavy atom. The summed E-state index contributed by atoms with van der Waals surface area (Å²) in [6.07, 6.45) is 0.295. The predicted octanol–water partition coefficient (Wildman–Crippen LogP) is 6.42. The monoisotopic (exact) mass is 623 g/mol. The van der Waals surface area contributed by atoms with Gasteiger partial charge in [0, 0.05) is 28.2 Å². The number of benzene rings is 3. The molecular weight excluding hydrogens is 593 g/mol. The minimum atomic E-state index is -4.18. The molecule has 7 nitrogen and oxygen atoms in total. The summed E-state index contributed by atoms with van der Waals surface area (Å²) in [5.41, 5.74) is 0.779. The van der Waals surface area contributed by atoms with Gasteiger partial charge in [0.25, 0.3) is 10.0 Å². The lowest BCUT2D eigenvalue weighted by molar-refractivity contribution is -0.140. The molecule has 0 bridgehead atoms. The first-order chi connectivity index (χ1) is 18.9. The van der Waals surface area contributed by atoms with E-state index in [4.69, 9.17) is 34.8 Å². The Morgan fingerprint density at radius 1 is 0.900 bits per heavy atom. The molecule has 1 atom stereocenters. The van der Waals surface area contributed by atoms with Gasteiger partial charge in [0.1, 0.15) is 12.6 Å². The zero-order valence-corrected chi connectivity index (χ0v) is 25.6. The summed E-state index contributed by atoms with van der Waals surface area (Å²) in [5.74, 6) is -0.724. The van der Waals surface area contributed by atoms with E-state index < -0.39 is 28.5 Å². The van der Waals surface area contributed by atoms with Gasteiger partial charge in [-0.05, 0) is 60.4 Å². The Kier molecular flexibility index (Phi) is 11.3. The van der Waals surface area contributed by atoms with Crippen molar-refractivity contribution in [2.45, 2.75) is 44.7 Å². The molecule has 0 aliphatic heterocycles. The van der Waals surface area contributed by atoms with Gasteiger partial charge < -0.3 is 10.2 Å². The van der Waals surface area contributed by atoms with Crippen LogP contribution in [-0.4, -0.2) is 44.3 Å². The summed E-state index contributed by atoms with van der Waals surface area (Å²) in [6, 6.07) is 18.1. The van der Waals surface area contributed by atoms with E-state index >= 15 is 0 Å². The first kappa shape index (κ1) is 31.7. The maximum atomic E-state index is 14.1. The van der Waals surface area contributed by atoms with E-state index in [0.717, 1.165) is 4.31 Å². The lowest BCUT2D eigenvalue weighted by Crippen LogP contribution is -2.52. The fourth-order valence-electron chi connectivity index (χ4n) is 4.06. The number of amides is 2. The second-order valence-electron chi connectivity index (χ2n) is 9.63. The number of hydrogen-bond donors (Lipinski definition) is 1. The Hall–Kier alpha value is -2.78. The van der Waals surface area contributed by atoms with E-state index in [-0.39, 0.29) is 29.0 Å².